The summed E-state index contributed by atoms with van der Waals surface area (Å²) in [6.07, 6.45) is 3.67. The Labute approximate surface area is 151 Å². The number of nitrogens with two attached hydrogens (primary N) is 1. The Morgan fingerprint density at radius 1 is 1.27 bits per heavy atom. The molecule has 0 atom stereocenters. The highest BCUT2D eigenvalue weighted by Crippen LogP contribution is 2.15. The van der Waals surface area contributed by atoms with E-state index in [-0.39, 0.29) is 24.0 Å². The van der Waals surface area contributed by atoms with E-state index in [0.29, 0.717) is 5.96 Å². The van der Waals surface area contributed by atoms with Crippen LogP contribution in [0.1, 0.15) is 32.3 Å². The second-order valence-electron chi connectivity index (χ2n) is 5.97. The molecule has 1 saturated heterocycles. The number of guanidine groups is 1. The fraction of sp³-hybridized carbons (Fsp3) is 0.588. The number of halogens is 1. The number of nitrogens with one attached hydrogen (secondary N) is 1. The summed E-state index contributed by atoms with van der Waals surface area (Å²) in [6, 6.07) is 8.33. The monoisotopic (exact) mass is 416 g/mol. The standard InChI is InChI=1S/C17H28N4.HI/c1-3-15-4-6-16(7-5-15)20-17(18)19-10-13-21-11-8-14(2)9-12-21;/h4-7,14H,3,8-13H2,1-2H3,(H3,18,19,20);1H. The maximum absolute atomic E-state index is 5.93. The van der Waals surface area contributed by atoms with E-state index in [9.17, 15) is 0 Å². The van der Waals surface area contributed by atoms with Crippen LogP contribution >= 0.6 is 24.0 Å². The Bertz CT molecular complexity index is 450. The van der Waals surface area contributed by atoms with E-state index in [1.807, 2.05) is 12.1 Å². The number of hydrogen-bond acceptors (Lipinski definition) is 2. The first-order valence-corrected chi connectivity index (χ1v) is 8.05. The lowest BCUT2D eigenvalue weighted by molar-refractivity contribution is 0.197. The number of aryl methyl sites for hydroxylation is 1. The Kier molecular flexibility index (Phi) is 8.78. The van der Waals surface area contributed by atoms with E-state index < -0.39 is 0 Å². The van der Waals surface area contributed by atoms with Crippen LogP contribution in [-0.2, 0) is 6.42 Å². The summed E-state index contributed by atoms with van der Waals surface area (Å²) in [6.45, 7) is 8.65. The molecule has 0 unspecified atom stereocenters. The van der Waals surface area contributed by atoms with Gasteiger partial charge in [0.15, 0.2) is 5.96 Å². The number of anilines is 1. The van der Waals surface area contributed by atoms with Crippen molar-refractivity contribution in [2.45, 2.75) is 33.1 Å². The van der Waals surface area contributed by atoms with Gasteiger partial charge in [0.1, 0.15) is 0 Å². The van der Waals surface area contributed by atoms with Gasteiger partial charge in [0.05, 0.1) is 6.54 Å². The third kappa shape index (κ3) is 6.52. The van der Waals surface area contributed by atoms with E-state index >= 15 is 0 Å². The van der Waals surface area contributed by atoms with Crippen molar-refractivity contribution < 1.29 is 0 Å². The van der Waals surface area contributed by atoms with Crippen LogP contribution in [0.5, 0.6) is 0 Å². The van der Waals surface area contributed by atoms with Crippen molar-refractivity contribution in [2.24, 2.45) is 16.6 Å². The molecule has 22 heavy (non-hydrogen) atoms. The van der Waals surface area contributed by atoms with Crippen molar-refractivity contribution in [1.82, 2.24) is 4.90 Å². The van der Waals surface area contributed by atoms with Gasteiger partial charge in [-0.05, 0) is 56.0 Å². The molecule has 2 rings (SSSR count). The predicted molar refractivity (Wildman–Crippen MR) is 106 cm³/mol. The second-order valence-corrected chi connectivity index (χ2v) is 5.97. The number of hydrogen-bond donors (Lipinski definition) is 2. The molecule has 0 radical (unpaired) electrons. The van der Waals surface area contributed by atoms with Crippen molar-refractivity contribution >= 4 is 35.6 Å². The molecule has 0 aromatic heterocycles. The SMILES string of the molecule is CCc1ccc(NC(N)=NCCN2CCC(C)CC2)cc1.I. The average molecular weight is 416 g/mol. The molecule has 1 aliphatic heterocycles. The highest BCUT2D eigenvalue weighted by atomic mass is 127. The highest BCUT2D eigenvalue weighted by Gasteiger charge is 2.14. The molecule has 3 N–H and O–H groups in total. The predicted octanol–water partition coefficient (Wildman–Crippen LogP) is 3.33. The average Bonchev–Trinajstić information content (AvgIpc) is 2.50. The van der Waals surface area contributed by atoms with Crippen molar-refractivity contribution in [3.8, 4) is 0 Å². The minimum atomic E-state index is 0. The van der Waals surface area contributed by atoms with Gasteiger partial charge >= 0.3 is 0 Å². The lowest BCUT2D eigenvalue weighted by Gasteiger charge is -2.29. The molecule has 0 amide bonds. The van der Waals surface area contributed by atoms with E-state index in [4.69, 9.17) is 5.73 Å². The number of rotatable bonds is 5. The van der Waals surface area contributed by atoms with Crippen LogP contribution in [0.25, 0.3) is 0 Å². The zero-order chi connectivity index (χ0) is 15.1. The van der Waals surface area contributed by atoms with Crippen molar-refractivity contribution in [1.29, 1.82) is 0 Å². The molecule has 1 aliphatic rings. The fourth-order valence-electron chi connectivity index (χ4n) is 2.61. The minimum absolute atomic E-state index is 0. The summed E-state index contributed by atoms with van der Waals surface area (Å²) in [7, 11) is 0. The van der Waals surface area contributed by atoms with Gasteiger partial charge in [-0.25, -0.2) is 0 Å². The molecule has 0 aliphatic carbocycles. The third-order valence-electron chi connectivity index (χ3n) is 4.21. The molecule has 1 heterocycles. The first kappa shape index (κ1) is 19.2. The molecule has 5 heteroatoms. The van der Waals surface area contributed by atoms with Crippen LogP contribution in [-0.4, -0.2) is 37.0 Å². The molecular formula is C17H29IN4. The van der Waals surface area contributed by atoms with E-state index in [1.54, 1.807) is 0 Å². The molecule has 0 bridgehead atoms. The summed E-state index contributed by atoms with van der Waals surface area (Å²) in [5, 5.41) is 3.15. The number of piperidine rings is 1. The topological polar surface area (TPSA) is 53.6 Å². The molecule has 4 nitrogen and oxygen atoms in total. The van der Waals surface area contributed by atoms with Crippen LogP contribution in [0.4, 0.5) is 5.69 Å². The molecular weight excluding hydrogens is 387 g/mol. The lowest BCUT2D eigenvalue weighted by atomic mass is 9.99. The molecule has 1 fully saturated rings. The van der Waals surface area contributed by atoms with Gasteiger partial charge in [0, 0.05) is 12.2 Å². The normalized spacial score (nSPS) is 17.1. The fourth-order valence-corrected chi connectivity index (χ4v) is 2.61. The largest absolute Gasteiger partial charge is 0.370 e. The summed E-state index contributed by atoms with van der Waals surface area (Å²) in [5.41, 5.74) is 8.26. The Balaban J connectivity index is 0.00000242. The molecule has 124 valence electrons. The van der Waals surface area contributed by atoms with Crippen LogP contribution in [0.15, 0.2) is 29.3 Å². The summed E-state index contributed by atoms with van der Waals surface area (Å²) >= 11 is 0. The molecule has 1 aromatic rings. The van der Waals surface area contributed by atoms with Gasteiger partial charge in [-0.2, -0.15) is 0 Å². The van der Waals surface area contributed by atoms with Gasteiger partial charge in [-0.15, -0.1) is 24.0 Å². The lowest BCUT2D eigenvalue weighted by Crippen LogP contribution is -2.35. The van der Waals surface area contributed by atoms with Crippen LogP contribution in [0.3, 0.4) is 0 Å². The highest BCUT2D eigenvalue weighted by molar-refractivity contribution is 14.0. The van der Waals surface area contributed by atoms with E-state index in [1.165, 1.54) is 31.5 Å². The van der Waals surface area contributed by atoms with Gasteiger partial charge in [0.2, 0.25) is 0 Å². The van der Waals surface area contributed by atoms with Gasteiger partial charge < -0.3 is 16.0 Å². The maximum Gasteiger partial charge on any atom is 0.193 e. The molecule has 0 saturated carbocycles. The van der Waals surface area contributed by atoms with Crippen molar-refractivity contribution in [3.63, 3.8) is 0 Å². The van der Waals surface area contributed by atoms with E-state index in [0.717, 1.165) is 31.1 Å². The Morgan fingerprint density at radius 3 is 2.50 bits per heavy atom. The minimum Gasteiger partial charge on any atom is -0.370 e. The second kappa shape index (κ2) is 10.0. The number of aliphatic imine (C=N–C) groups is 1. The number of benzene rings is 1. The quantitative estimate of drug-likeness (QED) is 0.440. The van der Waals surface area contributed by atoms with Crippen LogP contribution < -0.4 is 11.1 Å². The van der Waals surface area contributed by atoms with Gasteiger partial charge in [-0.1, -0.05) is 26.0 Å². The van der Waals surface area contributed by atoms with E-state index in [2.05, 4.69) is 41.2 Å². The van der Waals surface area contributed by atoms with Crippen molar-refractivity contribution in [2.75, 3.05) is 31.5 Å². The summed E-state index contributed by atoms with van der Waals surface area (Å²) in [5.74, 6) is 1.38. The third-order valence-corrected chi connectivity index (χ3v) is 4.21. The van der Waals surface area contributed by atoms with Gasteiger partial charge in [0.25, 0.3) is 0 Å². The molecule has 0 spiro atoms. The van der Waals surface area contributed by atoms with Gasteiger partial charge in [-0.3, -0.25) is 4.99 Å². The summed E-state index contributed by atoms with van der Waals surface area (Å²) in [4.78, 5) is 6.90. The first-order chi connectivity index (χ1) is 10.2. The Morgan fingerprint density at radius 2 is 1.91 bits per heavy atom. The number of likely N-dealkylation sites (tertiary alicyclic amines) is 1. The Hall–Kier alpha value is -0.820. The smallest absolute Gasteiger partial charge is 0.193 e. The zero-order valence-electron chi connectivity index (χ0n) is 13.7. The first-order valence-electron chi connectivity index (χ1n) is 8.05. The molecule has 1 aromatic carbocycles. The number of nitrogens with zero attached hydrogens (tertiary/aromatic N) is 2. The van der Waals surface area contributed by atoms with Crippen LogP contribution in [0.2, 0.25) is 0 Å². The van der Waals surface area contributed by atoms with Crippen LogP contribution in [0, 0.1) is 5.92 Å². The maximum atomic E-state index is 5.93. The summed E-state index contributed by atoms with van der Waals surface area (Å²) < 4.78 is 0. The zero-order valence-corrected chi connectivity index (χ0v) is 16.0. The van der Waals surface area contributed by atoms with Crippen molar-refractivity contribution in [3.05, 3.63) is 29.8 Å².